The third-order valence-electron chi connectivity index (χ3n) is 3.70. The normalized spacial score (nSPS) is 18.3. The van der Waals surface area contributed by atoms with Crippen molar-refractivity contribution in [1.29, 1.82) is 0 Å². The van der Waals surface area contributed by atoms with Crippen molar-refractivity contribution in [3.8, 4) is 5.75 Å². The van der Waals surface area contributed by atoms with E-state index in [9.17, 15) is 14.9 Å². The van der Waals surface area contributed by atoms with Gasteiger partial charge >= 0.3 is 5.97 Å². The monoisotopic (exact) mass is 294 g/mol. The van der Waals surface area contributed by atoms with E-state index in [1.54, 1.807) is 12.1 Å². The number of carboxylic acids is 1. The van der Waals surface area contributed by atoms with Crippen molar-refractivity contribution >= 4 is 17.3 Å². The van der Waals surface area contributed by atoms with Crippen LogP contribution in [0.1, 0.15) is 19.3 Å². The number of methoxy groups -OCH3 is 1. The number of hydrogen-bond donors (Lipinski definition) is 1. The Bertz CT molecular complexity index is 546. The van der Waals surface area contributed by atoms with Gasteiger partial charge in [0.2, 0.25) is 0 Å². The second-order valence-electron chi connectivity index (χ2n) is 5.16. The van der Waals surface area contributed by atoms with E-state index in [4.69, 9.17) is 9.84 Å². The van der Waals surface area contributed by atoms with Gasteiger partial charge in [-0.1, -0.05) is 0 Å². The Balaban J connectivity index is 2.24. The number of nitro groups is 1. The zero-order valence-corrected chi connectivity index (χ0v) is 11.8. The first-order valence-corrected chi connectivity index (χ1v) is 6.80. The number of nitro benzene ring substituents is 1. The van der Waals surface area contributed by atoms with Crippen molar-refractivity contribution in [2.45, 2.75) is 19.3 Å². The van der Waals surface area contributed by atoms with E-state index < -0.39 is 10.9 Å². The van der Waals surface area contributed by atoms with Gasteiger partial charge in [-0.25, -0.2) is 0 Å². The van der Waals surface area contributed by atoms with Gasteiger partial charge in [0, 0.05) is 19.5 Å². The summed E-state index contributed by atoms with van der Waals surface area (Å²) in [7, 11) is 1.46. The number of rotatable bonds is 5. The van der Waals surface area contributed by atoms with Crippen LogP contribution in [0.15, 0.2) is 18.2 Å². The second-order valence-corrected chi connectivity index (χ2v) is 5.16. The molecule has 2 rings (SSSR count). The lowest BCUT2D eigenvalue weighted by atomic mass is 9.94. The lowest BCUT2D eigenvalue weighted by Crippen LogP contribution is -2.36. The molecule has 1 saturated heterocycles. The summed E-state index contributed by atoms with van der Waals surface area (Å²) >= 11 is 0. The fourth-order valence-electron chi connectivity index (χ4n) is 2.74. The van der Waals surface area contributed by atoms with Crippen LogP contribution in [0.5, 0.6) is 5.75 Å². The maximum Gasteiger partial charge on any atom is 0.303 e. The van der Waals surface area contributed by atoms with Gasteiger partial charge in [0.25, 0.3) is 5.69 Å². The molecule has 7 heteroatoms. The Morgan fingerprint density at radius 1 is 1.57 bits per heavy atom. The smallest absolute Gasteiger partial charge is 0.303 e. The van der Waals surface area contributed by atoms with Gasteiger partial charge in [-0.2, -0.15) is 0 Å². The average Bonchev–Trinajstić information content (AvgIpc) is 2.46. The molecule has 1 atom stereocenters. The Labute approximate surface area is 122 Å². The lowest BCUT2D eigenvalue weighted by Gasteiger charge is -2.33. The minimum Gasteiger partial charge on any atom is -0.496 e. The van der Waals surface area contributed by atoms with Crippen LogP contribution >= 0.6 is 0 Å². The first-order valence-electron chi connectivity index (χ1n) is 6.80. The highest BCUT2D eigenvalue weighted by atomic mass is 16.6. The molecule has 7 nitrogen and oxygen atoms in total. The molecule has 1 fully saturated rings. The highest BCUT2D eigenvalue weighted by Crippen LogP contribution is 2.34. The topological polar surface area (TPSA) is 92.9 Å². The van der Waals surface area contributed by atoms with Crippen LogP contribution in [-0.2, 0) is 4.79 Å². The molecule has 0 bridgehead atoms. The van der Waals surface area contributed by atoms with Gasteiger partial charge in [0.15, 0.2) is 0 Å². The zero-order chi connectivity index (χ0) is 15.4. The number of ether oxygens (including phenoxy) is 1. The summed E-state index contributed by atoms with van der Waals surface area (Å²) in [6.07, 6.45) is 1.77. The first-order chi connectivity index (χ1) is 10.0. The van der Waals surface area contributed by atoms with E-state index in [0.29, 0.717) is 24.5 Å². The van der Waals surface area contributed by atoms with Gasteiger partial charge in [0.05, 0.1) is 18.1 Å². The van der Waals surface area contributed by atoms with Gasteiger partial charge in [-0.3, -0.25) is 14.9 Å². The molecule has 0 radical (unpaired) electrons. The molecular weight excluding hydrogens is 276 g/mol. The molecule has 1 unspecified atom stereocenters. The van der Waals surface area contributed by atoms with E-state index in [0.717, 1.165) is 12.8 Å². The lowest BCUT2D eigenvalue weighted by molar-refractivity contribution is -0.384. The molecule has 1 heterocycles. The molecule has 1 aliphatic heterocycles. The third-order valence-corrected chi connectivity index (χ3v) is 3.70. The van der Waals surface area contributed by atoms with Crippen molar-refractivity contribution in [1.82, 2.24) is 0 Å². The van der Waals surface area contributed by atoms with Crippen molar-refractivity contribution in [2.75, 3.05) is 25.1 Å². The molecule has 21 heavy (non-hydrogen) atoms. The summed E-state index contributed by atoms with van der Waals surface area (Å²) in [5, 5.41) is 20.1. The van der Waals surface area contributed by atoms with Crippen LogP contribution in [0.25, 0.3) is 0 Å². The van der Waals surface area contributed by atoms with E-state index in [2.05, 4.69) is 0 Å². The summed E-state index contributed by atoms with van der Waals surface area (Å²) in [4.78, 5) is 23.5. The number of anilines is 1. The maximum absolute atomic E-state index is 11.2. The fraction of sp³-hybridized carbons (Fsp3) is 0.500. The summed E-state index contributed by atoms with van der Waals surface area (Å²) in [6.45, 7) is 1.22. The molecule has 0 spiro atoms. The van der Waals surface area contributed by atoms with Crippen LogP contribution in [0, 0.1) is 16.0 Å². The van der Waals surface area contributed by atoms with Crippen LogP contribution in [0.4, 0.5) is 11.4 Å². The molecule has 1 aromatic carbocycles. The quantitative estimate of drug-likeness (QED) is 0.661. The Kier molecular flexibility index (Phi) is 4.62. The number of carbonyl (C=O) groups is 1. The molecule has 0 aliphatic carbocycles. The summed E-state index contributed by atoms with van der Waals surface area (Å²) in [5.74, 6) is -0.367. The Morgan fingerprint density at radius 3 is 2.95 bits per heavy atom. The number of nitrogens with zero attached hydrogens (tertiary/aromatic N) is 2. The molecule has 0 aromatic heterocycles. The van der Waals surface area contributed by atoms with Gasteiger partial charge in [-0.05, 0) is 30.9 Å². The first kappa shape index (κ1) is 15.1. The van der Waals surface area contributed by atoms with Gasteiger partial charge < -0.3 is 14.7 Å². The Morgan fingerprint density at radius 2 is 2.33 bits per heavy atom. The minimum absolute atomic E-state index is 0.00896. The number of aliphatic carboxylic acids is 1. The largest absolute Gasteiger partial charge is 0.496 e. The summed E-state index contributed by atoms with van der Waals surface area (Å²) < 4.78 is 5.02. The standard InChI is InChI=1S/C14H18N2O5/c1-21-11-4-5-12(13(8-11)16(19)20)15-6-2-3-10(9-15)7-14(17)18/h4-5,8,10H,2-3,6-7,9H2,1H3,(H,17,18). The van der Waals surface area contributed by atoms with Crippen LogP contribution < -0.4 is 9.64 Å². The van der Waals surface area contributed by atoms with Gasteiger partial charge in [-0.15, -0.1) is 0 Å². The minimum atomic E-state index is -0.828. The fourth-order valence-corrected chi connectivity index (χ4v) is 2.74. The Hall–Kier alpha value is -2.31. The molecular formula is C14H18N2O5. The molecule has 0 saturated carbocycles. The summed E-state index contributed by atoms with van der Waals surface area (Å²) in [6, 6.07) is 4.75. The summed E-state index contributed by atoms with van der Waals surface area (Å²) in [5.41, 5.74) is 0.515. The number of hydrogen-bond acceptors (Lipinski definition) is 5. The molecule has 114 valence electrons. The van der Waals surface area contributed by atoms with E-state index >= 15 is 0 Å². The highest BCUT2D eigenvalue weighted by Gasteiger charge is 2.27. The van der Waals surface area contributed by atoms with E-state index in [1.807, 2.05) is 4.90 Å². The zero-order valence-electron chi connectivity index (χ0n) is 11.8. The third kappa shape index (κ3) is 3.62. The van der Waals surface area contributed by atoms with Crippen LogP contribution in [-0.4, -0.2) is 36.2 Å². The number of piperidine rings is 1. The molecule has 1 aromatic rings. The predicted octanol–water partition coefficient (Wildman–Crippen LogP) is 2.29. The number of carboxylic acid groups (broad SMARTS) is 1. The second kappa shape index (κ2) is 6.43. The van der Waals surface area contributed by atoms with E-state index in [-0.39, 0.29) is 18.0 Å². The highest BCUT2D eigenvalue weighted by molar-refractivity contribution is 5.68. The molecule has 1 N–H and O–H groups in total. The van der Waals surface area contributed by atoms with Crippen LogP contribution in [0.3, 0.4) is 0 Å². The predicted molar refractivity (Wildman–Crippen MR) is 76.8 cm³/mol. The average molecular weight is 294 g/mol. The van der Waals surface area contributed by atoms with Crippen molar-refractivity contribution in [3.63, 3.8) is 0 Å². The SMILES string of the molecule is COc1ccc(N2CCCC(CC(=O)O)C2)c([N+](=O)[O-])c1. The van der Waals surface area contributed by atoms with Crippen LogP contribution in [0.2, 0.25) is 0 Å². The van der Waals surface area contributed by atoms with Crippen molar-refractivity contribution in [3.05, 3.63) is 28.3 Å². The molecule has 1 aliphatic rings. The number of benzene rings is 1. The maximum atomic E-state index is 11.2. The van der Waals surface area contributed by atoms with Gasteiger partial charge in [0.1, 0.15) is 11.4 Å². The molecule has 0 amide bonds. The van der Waals surface area contributed by atoms with Crippen molar-refractivity contribution in [2.24, 2.45) is 5.92 Å². The van der Waals surface area contributed by atoms with Crippen molar-refractivity contribution < 1.29 is 19.6 Å². The van der Waals surface area contributed by atoms with E-state index in [1.165, 1.54) is 13.2 Å².